The van der Waals surface area contributed by atoms with Crippen molar-refractivity contribution in [3.8, 4) is 50.7 Å². The first-order valence-electron chi connectivity index (χ1n) is 29.7. The minimum absolute atomic E-state index is 0. The molecule has 6 heteroatoms. The predicted octanol–water partition coefficient (Wildman–Crippen LogP) is 18.8. The molecule has 0 fully saturated rings. The van der Waals surface area contributed by atoms with Gasteiger partial charge in [-0.05, 0) is 128 Å². The summed E-state index contributed by atoms with van der Waals surface area (Å²) in [5.74, 6) is 1.27. The molecule has 0 bridgehead atoms. The molecule has 2 aromatic heterocycles. The van der Waals surface area contributed by atoms with E-state index < -0.39 is 20.6 Å². The molecule has 1 aliphatic rings. The van der Waals surface area contributed by atoms with Crippen LogP contribution in [0, 0.1) is 39.4 Å². The monoisotopic (exact) mass is 1170 g/mol. The fourth-order valence-electron chi connectivity index (χ4n) is 10.1. The molecule has 0 radical (unpaired) electrons. The molecule has 3 heterocycles. The largest absolute Gasteiger partial charge is 0.509 e. The van der Waals surface area contributed by atoms with E-state index in [-0.39, 0.29) is 54.0 Å². The van der Waals surface area contributed by atoms with Crippen LogP contribution in [0.5, 0.6) is 11.5 Å². The van der Waals surface area contributed by atoms with Crippen LogP contribution in [0.15, 0.2) is 170 Å². The van der Waals surface area contributed by atoms with Crippen molar-refractivity contribution >= 4 is 44.6 Å². The van der Waals surface area contributed by atoms with Gasteiger partial charge in [-0.2, -0.15) is 12.1 Å². The number of aryl methyl sites for hydroxylation is 3. The number of hydrogen-bond acceptors (Lipinski definition) is 4. The molecule has 0 saturated carbocycles. The summed E-state index contributed by atoms with van der Waals surface area (Å²) in [5.41, 5.74) is 11.4. The Kier molecular flexibility index (Phi) is 10.7. The van der Waals surface area contributed by atoms with E-state index >= 15 is 0 Å². The van der Waals surface area contributed by atoms with Crippen molar-refractivity contribution in [2.75, 3.05) is 9.80 Å². The Bertz CT molecular complexity index is 4130. The summed E-state index contributed by atoms with van der Waals surface area (Å²) >= 11 is 0. The summed E-state index contributed by atoms with van der Waals surface area (Å²) in [7, 11) is 0. The fraction of sp³-hybridized carbons (Fsp3) is 0.217. The van der Waals surface area contributed by atoms with Crippen LogP contribution in [0.3, 0.4) is 0 Å². The van der Waals surface area contributed by atoms with Crippen molar-refractivity contribution in [2.45, 2.75) is 99.1 Å². The van der Waals surface area contributed by atoms with E-state index in [0.29, 0.717) is 50.8 Å². The Balaban J connectivity index is 0.00000786. The Morgan fingerprint density at radius 2 is 1.17 bits per heavy atom. The van der Waals surface area contributed by atoms with Gasteiger partial charge in [0.2, 0.25) is 0 Å². The molecule has 8 aromatic carbocycles. The second-order valence-electron chi connectivity index (χ2n) is 22.5. The molecule has 0 N–H and O–H groups in total. The van der Waals surface area contributed by atoms with Crippen molar-refractivity contribution < 1.29 is 38.1 Å². The van der Waals surface area contributed by atoms with E-state index in [1.165, 1.54) is 12.3 Å². The predicted molar refractivity (Wildman–Crippen MR) is 311 cm³/mol. The second kappa shape index (κ2) is 19.5. The van der Waals surface area contributed by atoms with Gasteiger partial charge in [-0.3, -0.25) is 0 Å². The summed E-state index contributed by atoms with van der Waals surface area (Å²) in [4.78, 5) is 8.80. The maximum Gasteiger partial charge on any atom is 0.135 e. The summed E-state index contributed by atoms with van der Waals surface area (Å²) in [6, 6.07) is 59.3. The summed E-state index contributed by atoms with van der Waals surface area (Å²) in [6.45, 7) is 14.0. The van der Waals surface area contributed by atoms with Gasteiger partial charge in [0.05, 0.1) is 0 Å². The molecule has 0 unspecified atom stereocenters. The molecule has 0 aliphatic carbocycles. The third-order valence-electron chi connectivity index (χ3n) is 14.2. The van der Waals surface area contributed by atoms with Gasteiger partial charge in [0.15, 0.2) is 0 Å². The van der Waals surface area contributed by atoms with E-state index in [0.717, 1.165) is 61.2 Å². The van der Waals surface area contributed by atoms with E-state index in [9.17, 15) is 0 Å². The van der Waals surface area contributed by atoms with E-state index in [1.807, 2.05) is 141 Å². The number of pyridine rings is 1. The molecular formula is C69H65N4OPt-3. The van der Waals surface area contributed by atoms with Crippen LogP contribution in [0.4, 0.5) is 22.7 Å². The molecule has 75 heavy (non-hydrogen) atoms. The number of benzene rings is 8. The molecule has 11 rings (SSSR count). The SMILES string of the molecule is [2H]C([2H])([2H])c1ccnc(-n2c3[c-]c(Oc4[c-]c(N5[CH-]N(c6c(-c7cc(C(C)(C)C)cc(C(C)(C)C)c7)cccc6-c6ccc(-c7ccc(C(C)(C)C)cc7C([2H])([2H])[2H])cc6C([2H])([2H])[2H])c6ccccc65)ccc4)ccc3c3ccccc32)c1.[Pt]. The average Bonchev–Trinajstić information content (AvgIpc) is 1.56. The summed E-state index contributed by atoms with van der Waals surface area (Å²) in [6.07, 6.45) is 1.51. The van der Waals surface area contributed by atoms with Crippen LogP contribution >= 0.6 is 0 Å². The van der Waals surface area contributed by atoms with Crippen LogP contribution in [0.2, 0.25) is 0 Å². The van der Waals surface area contributed by atoms with Gasteiger partial charge >= 0.3 is 0 Å². The number of ether oxygens (including phenoxy) is 1. The zero-order chi connectivity index (χ0) is 59.3. The van der Waals surface area contributed by atoms with Crippen LogP contribution in [-0.4, -0.2) is 9.55 Å². The number of fused-ring (bicyclic) bond motifs is 4. The number of rotatable bonds is 8. The molecule has 0 spiro atoms. The van der Waals surface area contributed by atoms with Crippen molar-refractivity contribution in [3.63, 3.8) is 0 Å². The molecule has 1 aliphatic heterocycles. The van der Waals surface area contributed by atoms with Crippen molar-refractivity contribution in [3.05, 3.63) is 222 Å². The van der Waals surface area contributed by atoms with Gasteiger partial charge in [-0.15, -0.1) is 48.1 Å². The van der Waals surface area contributed by atoms with Crippen molar-refractivity contribution in [2.24, 2.45) is 0 Å². The molecule has 0 atom stereocenters. The average molecular weight is 1170 g/mol. The number of hydrogen-bond donors (Lipinski definition) is 0. The number of aromatic nitrogens is 2. The number of nitrogens with zero attached hydrogens (tertiary/aromatic N) is 4. The standard InChI is InChI=1S/C69H65N4O.Pt/c1-44-33-34-70-65(35-44)73-61-24-14-13-21-58(61)59-32-29-54(42-64(59)73)74-53-20-17-19-52(41-53)71-43-72(63-26-16-15-25-62(63)71)66-57(48-38-50(68(7,8)9)40-51(39-48)69(10,11)12)22-18-23-60(66)56-30-27-47(36-45(56)2)55-31-28-49(37-46(55)3)67(4,5)6;/h13-40,43H,1-12H3;/q-3;/i1D3,2D3,3D3;. The quantitative estimate of drug-likeness (QED) is 0.142. The molecule has 0 saturated heterocycles. The molecule has 380 valence electrons. The van der Waals surface area contributed by atoms with Gasteiger partial charge in [0.25, 0.3) is 0 Å². The van der Waals surface area contributed by atoms with E-state index in [1.54, 1.807) is 18.2 Å². The Morgan fingerprint density at radius 3 is 1.91 bits per heavy atom. The zero-order valence-electron chi connectivity index (χ0n) is 52.8. The molecule has 0 amide bonds. The Hall–Kier alpha value is -7.20. The zero-order valence-corrected chi connectivity index (χ0v) is 46.0. The first kappa shape index (κ1) is 41.1. The fourth-order valence-corrected chi connectivity index (χ4v) is 10.1. The first-order chi connectivity index (χ1) is 38.9. The Labute approximate surface area is 471 Å². The second-order valence-corrected chi connectivity index (χ2v) is 22.5. The molecular weight excluding hydrogens is 1100 g/mol. The molecule has 5 nitrogen and oxygen atoms in total. The topological polar surface area (TPSA) is 33.5 Å². The van der Waals surface area contributed by atoms with Gasteiger partial charge < -0.3 is 19.1 Å². The smallest absolute Gasteiger partial charge is 0.135 e. The normalized spacial score (nSPS) is 15.1. The minimum atomic E-state index is -2.62. The summed E-state index contributed by atoms with van der Waals surface area (Å²) < 4.78 is 86.3. The van der Waals surface area contributed by atoms with Crippen LogP contribution < -0.4 is 14.5 Å². The maximum absolute atomic E-state index is 9.16. The maximum atomic E-state index is 9.16. The van der Waals surface area contributed by atoms with Crippen LogP contribution in [-0.2, 0) is 37.3 Å². The third kappa shape index (κ3) is 9.73. The third-order valence-corrected chi connectivity index (χ3v) is 14.2. The van der Waals surface area contributed by atoms with Crippen molar-refractivity contribution in [1.82, 2.24) is 9.55 Å². The summed E-state index contributed by atoms with van der Waals surface area (Å²) in [5, 5.41) is 1.84. The first-order valence-corrected chi connectivity index (χ1v) is 25.2. The van der Waals surface area contributed by atoms with Gasteiger partial charge in [0, 0.05) is 84.8 Å². The van der Waals surface area contributed by atoms with Crippen LogP contribution in [0.25, 0.3) is 61.0 Å². The van der Waals surface area contributed by atoms with Crippen LogP contribution in [0.1, 0.15) is 108 Å². The van der Waals surface area contributed by atoms with Gasteiger partial charge in [-0.25, -0.2) is 4.98 Å². The number of para-hydroxylation sites is 4. The van der Waals surface area contributed by atoms with Gasteiger partial charge in [0.1, 0.15) is 5.82 Å². The van der Waals surface area contributed by atoms with E-state index in [2.05, 4.69) is 98.8 Å². The minimum Gasteiger partial charge on any atom is -0.509 e. The number of anilines is 4. The van der Waals surface area contributed by atoms with E-state index in [4.69, 9.17) is 17.1 Å². The van der Waals surface area contributed by atoms with Crippen molar-refractivity contribution in [1.29, 1.82) is 0 Å². The Morgan fingerprint density at radius 1 is 0.507 bits per heavy atom. The molecule has 10 aromatic rings. The van der Waals surface area contributed by atoms with Gasteiger partial charge in [-0.1, -0.05) is 171 Å².